The largest absolute Gasteiger partial charge is 0.504 e. The molecule has 0 spiro atoms. The van der Waals surface area contributed by atoms with Gasteiger partial charge in [0, 0.05) is 5.39 Å². The molecule has 0 bridgehead atoms. The van der Waals surface area contributed by atoms with E-state index in [9.17, 15) is 13.5 Å². The van der Waals surface area contributed by atoms with Crippen molar-refractivity contribution < 1.29 is 17.7 Å². The summed E-state index contributed by atoms with van der Waals surface area (Å²) in [5.74, 6) is -0.419. The molecule has 1 heterocycles. The molecular weight excluding hydrogens is 302 g/mol. The fraction of sp³-hybridized carbons (Fsp3) is 0.0625. The van der Waals surface area contributed by atoms with E-state index in [0.717, 1.165) is 17.4 Å². The smallest absolute Gasteiger partial charge is 0.306 e. The van der Waals surface area contributed by atoms with Gasteiger partial charge < -0.3 is 9.29 Å². The third kappa shape index (κ3) is 2.87. The van der Waals surface area contributed by atoms with Crippen LogP contribution in [0.5, 0.6) is 11.5 Å². The van der Waals surface area contributed by atoms with Crippen LogP contribution in [0.1, 0.15) is 0 Å². The molecule has 0 radical (unpaired) electrons. The van der Waals surface area contributed by atoms with Gasteiger partial charge in [-0.25, -0.2) is 0 Å². The summed E-state index contributed by atoms with van der Waals surface area (Å²) in [6.07, 6.45) is 2.11. The van der Waals surface area contributed by atoms with Gasteiger partial charge in [-0.1, -0.05) is 36.4 Å². The lowest BCUT2D eigenvalue weighted by Crippen LogP contribution is -2.06. The minimum absolute atomic E-state index is 0.178. The van der Waals surface area contributed by atoms with E-state index >= 15 is 0 Å². The highest BCUT2D eigenvalue weighted by molar-refractivity contribution is 7.86. The summed E-state index contributed by atoms with van der Waals surface area (Å²) < 4.78 is 27.0. The summed E-state index contributed by atoms with van der Waals surface area (Å²) in [5, 5.41) is 10.6. The number of hydrogen-bond donors (Lipinski definition) is 1. The molecule has 0 saturated heterocycles. The molecule has 0 saturated carbocycles. The molecule has 1 aromatic heterocycles. The maximum Gasteiger partial charge on any atom is 0.306 e. The average Bonchev–Trinajstić information content (AvgIpc) is 2.49. The van der Waals surface area contributed by atoms with Gasteiger partial charge in [-0.3, -0.25) is 4.98 Å². The summed E-state index contributed by atoms with van der Waals surface area (Å²) in [5.41, 5.74) is 2.54. The minimum Gasteiger partial charge on any atom is -0.504 e. The lowest BCUT2D eigenvalue weighted by atomic mass is 10.0. The first-order valence-electron chi connectivity index (χ1n) is 6.51. The maximum absolute atomic E-state index is 11.2. The molecule has 112 valence electrons. The molecule has 0 aliphatic rings. The van der Waals surface area contributed by atoms with Crippen molar-refractivity contribution in [2.75, 3.05) is 6.26 Å². The Kier molecular flexibility index (Phi) is 3.46. The van der Waals surface area contributed by atoms with Gasteiger partial charge in [0.15, 0.2) is 5.75 Å². The van der Waals surface area contributed by atoms with Crippen molar-refractivity contribution in [3.05, 3.63) is 54.7 Å². The quantitative estimate of drug-likeness (QED) is 0.752. The minimum atomic E-state index is -3.72. The maximum atomic E-state index is 11.2. The SMILES string of the molecule is CS(=O)(=O)Oc1cnc2cc(-c3ccccc3)ccc2c1O. The van der Waals surface area contributed by atoms with Gasteiger partial charge in [0.05, 0.1) is 18.0 Å². The molecule has 6 heteroatoms. The van der Waals surface area contributed by atoms with Gasteiger partial charge in [-0.05, 0) is 23.3 Å². The molecule has 3 aromatic rings. The molecule has 0 unspecified atom stereocenters. The van der Waals surface area contributed by atoms with Crippen molar-refractivity contribution in [3.63, 3.8) is 0 Å². The second-order valence-electron chi connectivity index (χ2n) is 4.86. The van der Waals surface area contributed by atoms with E-state index in [1.165, 1.54) is 6.20 Å². The molecule has 3 rings (SSSR count). The van der Waals surface area contributed by atoms with Crippen LogP contribution in [0.15, 0.2) is 54.7 Å². The monoisotopic (exact) mass is 315 g/mol. The summed E-state index contributed by atoms with van der Waals surface area (Å²) in [7, 11) is -3.72. The second-order valence-corrected chi connectivity index (χ2v) is 6.43. The van der Waals surface area contributed by atoms with Crippen LogP contribution in [0.4, 0.5) is 0 Å². The van der Waals surface area contributed by atoms with Crippen molar-refractivity contribution in [2.45, 2.75) is 0 Å². The predicted molar refractivity (Wildman–Crippen MR) is 84.3 cm³/mol. The lowest BCUT2D eigenvalue weighted by molar-refractivity contribution is 0.434. The fourth-order valence-corrected chi connectivity index (χ4v) is 2.64. The van der Waals surface area contributed by atoms with Crippen LogP contribution >= 0.6 is 0 Å². The second kappa shape index (κ2) is 5.31. The van der Waals surface area contributed by atoms with E-state index in [0.29, 0.717) is 10.9 Å². The Morgan fingerprint density at radius 3 is 2.45 bits per heavy atom. The van der Waals surface area contributed by atoms with Crippen LogP contribution in [0.25, 0.3) is 22.0 Å². The van der Waals surface area contributed by atoms with Gasteiger partial charge in [0.2, 0.25) is 5.75 Å². The molecule has 0 aliphatic heterocycles. The molecule has 0 amide bonds. The van der Waals surface area contributed by atoms with Gasteiger partial charge in [-0.2, -0.15) is 8.42 Å². The fourth-order valence-electron chi connectivity index (χ4n) is 2.19. The zero-order valence-electron chi connectivity index (χ0n) is 11.7. The Hall–Kier alpha value is -2.60. The van der Waals surface area contributed by atoms with Gasteiger partial charge >= 0.3 is 10.1 Å². The molecule has 0 fully saturated rings. The third-order valence-electron chi connectivity index (χ3n) is 3.16. The number of aromatic nitrogens is 1. The van der Waals surface area contributed by atoms with Crippen LogP contribution in [0.3, 0.4) is 0 Å². The average molecular weight is 315 g/mol. The van der Waals surface area contributed by atoms with Gasteiger partial charge in [0.1, 0.15) is 0 Å². The summed E-state index contributed by atoms with van der Waals surface area (Å²) in [4.78, 5) is 4.16. The Morgan fingerprint density at radius 2 is 1.77 bits per heavy atom. The van der Waals surface area contributed by atoms with E-state index in [1.54, 1.807) is 6.07 Å². The molecule has 2 aromatic carbocycles. The Morgan fingerprint density at radius 1 is 1.05 bits per heavy atom. The van der Waals surface area contributed by atoms with E-state index in [1.807, 2.05) is 42.5 Å². The molecule has 1 N–H and O–H groups in total. The lowest BCUT2D eigenvalue weighted by Gasteiger charge is -2.09. The summed E-state index contributed by atoms with van der Waals surface area (Å²) in [6.45, 7) is 0. The van der Waals surface area contributed by atoms with E-state index in [2.05, 4.69) is 4.98 Å². The van der Waals surface area contributed by atoms with Crippen LogP contribution in [-0.4, -0.2) is 24.8 Å². The molecule has 0 aliphatic carbocycles. The number of hydrogen-bond acceptors (Lipinski definition) is 5. The molecule has 22 heavy (non-hydrogen) atoms. The van der Waals surface area contributed by atoms with E-state index in [4.69, 9.17) is 4.18 Å². The third-order valence-corrected chi connectivity index (χ3v) is 3.64. The number of pyridine rings is 1. The van der Waals surface area contributed by atoms with Crippen LogP contribution in [0.2, 0.25) is 0 Å². The number of aromatic hydroxyl groups is 1. The first-order chi connectivity index (χ1) is 10.4. The highest BCUT2D eigenvalue weighted by Crippen LogP contribution is 2.35. The summed E-state index contributed by atoms with van der Waals surface area (Å²) in [6, 6.07) is 15.1. The number of nitrogens with zero attached hydrogens (tertiary/aromatic N) is 1. The van der Waals surface area contributed by atoms with Gasteiger partial charge in [-0.15, -0.1) is 0 Å². The number of benzene rings is 2. The molecular formula is C16H13NO4S. The Bertz CT molecular complexity index is 937. The molecule has 0 atom stereocenters. The van der Waals surface area contributed by atoms with Crippen molar-refractivity contribution in [1.82, 2.24) is 4.98 Å². The first kappa shape index (κ1) is 14.3. The van der Waals surface area contributed by atoms with Crippen molar-refractivity contribution in [3.8, 4) is 22.6 Å². The summed E-state index contributed by atoms with van der Waals surface area (Å²) >= 11 is 0. The van der Waals surface area contributed by atoms with Crippen molar-refractivity contribution in [1.29, 1.82) is 0 Å². The normalized spacial score (nSPS) is 11.5. The van der Waals surface area contributed by atoms with Crippen molar-refractivity contribution >= 4 is 21.0 Å². The topological polar surface area (TPSA) is 76.5 Å². The van der Waals surface area contributed by atoms with Gasteiger partial charge in [0.25, 0.3) is 0 Å². The molecule has 5 nitrogen and oxygen atoms in total. The van der Waals surface area contributed by atoms with Crippen LogP contribution in [-0.2, 0) is 10.1 Å². The van der Waals surface area contributed by atoms with E-state index in [-0.39, 0.29) is 11.5 Å². The van der Waals surface area contributed by atoms with Crippen molar-refractivity contribution in [2.24, 2.45) is 0 Å². The van der Waals surface area contributed by atoms with E-state index < -0.39 is 10.1 Å². The first-order valence-corrected chi connectivity index (χ1v) is 8.32. The highest BCUT2D eigenvalue weighted by Gasteiger charge is 2.14. The predicted octanol–water partition coefficient (Wildman–Crippen LogP) is 2.95. The standard InChI is InChI=1S/C16H13NO4S/c1-22(19,20)21-15-10-17-14-9-12(7-8-13(14)16(15)18)11-5-3-2-4-6-11/h2-10H,1H3,(H,17,18). The van der Waals surface area contributed by atoms with Crippen LogP contribution in [0, 0.1) is 0 Å². The highest BCUT2D eigenvalue weighted by atomic mass is 32.2. The zero-order valence-corrected chi connectivity index (χ0v) is 12.5. The Labute approximate surface area is 127 Å². The Balaban J connectivity index is 2.10. The van der Waals surface area contributed by atoms with Crippen LogP contribution < -0.4 is 4.18 Å². The zero-order chi connectivity index (χ0) is 15.7. The number of rotatable bonds is 3. The number of fused-ring (bicyclic) bond motifs is 1.